The van der Waals surface area contributed by atoms with Crippen molar-refractivity contribution in [2.24, 2.45) is 0 Å². The molecule has 6 nitrogen and oxygen atoms in total. The summed E-state index contributed by atoms with van der Waals surface area (Å²) in [6.45, 7) is 3.71. The zero-order valence-corrected chi connectivity index (χ0v) is 18.6. The van der Waals surface area contributed by atoms with Gasteiger partial charge in [0.1, 0.15) is 17.5 Å². The molecule has 1 N–H and O–H groups in total. The Morgan fingerprint density at radius 3 is 2.06 bits per heavy atom. The zero-order chi connectivity index (χ0) is 22.4. The summed E-state index contributed by atoms with van der Waals surface area (Å²) >= 11 is 0. The second-order valence-electron chi connectivity index (χ2n) is 7.25. The Kier molecular flexibility index (Phi) is 6.97. The highest BCUT2D eigenvalue weighted by molar-refractivity contribution is 7.92. The average molecular weight is 439 g/mol. The Labute approximate surface area is 183 Å². The van der Waals surface area contributed by atoms with E-state index in [4.69, 9.17) is 4.74 Å². The number of ether oxygens (including phenoxy) is 1. The lowest BCUT2D eigenvalue weighted by Gasteiger charge is -2.30. The molecule has 3 rings (SSSR count). The molecule has 1 atom stereocenters. The van der Waals surface area contributed by atoms with Crippen LogP contribution < -0.4 is 14.4 Å². The summed E-state index contributed by atoms with van der Waals surface area (Å²) in [5.74, 6) is 0.950. The second kappa shape index (κ2) is 9.66. The minimum atomic E-state index is -3.67. The van der Waals surface area contributed by atoms with Crippen molar-refractivity contribution in [3.05, 3.63) is 84.4 Å². The van der Waals surface area contributed by atoms with E-state index in [0.717, 1.165) is 11.8 Å². The number of amides is 1. The molecule has 0 aliphatic carbocycles. The molecule has 0 heterocycles. The molecule has 0 radical (unpaired) electrons. The normalized spacial score (nSPS) is 12.1. The highest BCUT2D eigenvalue weighted by Gasteiger charge is 2.31. The van der Waals surface area contributed by atoms with Crippen molar-refractivity contribution in [1.82, 2.24) is 0 Å². The van der Waals surface area contributed by atoms with Gasteiger partial charge in [0, 0.05) is 5.69 Å². The molecular weight excluding hydrogens is 412 g/mol. The van der Waals surface area contributed by atoms with Crippen molar-refractivity contribution in [2.75, 3.05) is 15.9 Å². The molecule has 7 heteroatoms. The number of aryl methyl sites for hydroxylation is 1. The number of hydrogen-bond acceptors (Lipinski definition) is 4. The van der Waals surface area contributed by atoms with Gasteiger partial charge in [-0.05, 0) is 61.9 Å². The van der Waals surface area contributed by atoms with E-state index in [9.17, 15) is 13.2 Å². The van der Waals surface area contributed by atoms with E-state index in [1.54, 1.807) is 43.3 Å². The molecular formula is C24H26N2O4S. The Bertz CT molecular complexity index is 1110. The lowest BCUT2D eigenvalue weighted by molar-refractivity contribution is -0.117. The number of benzene rings is 3. The van der Waals surface area contributed by atoms with Gasteiger partial charge in [-0.3, -0.25) is 9.10 Å². The van der Waals surface area contributed by atoms with Crippen LogP contribution in [0.25, 0.3) is 0 Å². The number of para-hydroxylation sites is 1. The van der Waals surface area contributed by atoms with E-state index >= 15 is 0 Å². The Hall–Kier alpha value is -3.32. The van der Waals surface area contributed by atoms with Crippen LogP contribution in [0, 0.1) is 6.92 Å². The number of hydrogen-bond donors (Lipinski definition) is 1. The lowest BCUT2D eigenvalue weighted by Crippen LogP contribution is -2.47. The zero-order valence-electron chi connectivity index (χ0n) is 17.8. The Balaban J connectivity index is 1.77. The average Bonchev–Trinajstić information content (AvgIpc) is 2.74. The molecule has 0 unspecified atom stereocenters. The number of nitrogens with one attached hydrogen (secondary N) is 1. The molecule has 0 saturated heterocycles. The molecule has 162 valence electrons. The van der Waals surface area contributed by atoms with E-state index in [-0.39, 0.29) is 0 Å². The first-order valence-corrected chi connectivity index (χ1v) is 11.8. The molecule has 3 aromatic rings. The van der Waals surface area contributed by atoms with Gasteiger partial charge in [0.25, 0.3) is 0 Å². The van der Waals surface area contributed by atoms with Gasteiger partial charge < -0.3 is 10.1 Å². The predicted molar refractivity (Wildman–Crippen MR) is 124 cm³/mol. The predicted octanol–water partition coefficient (Wildman–Crippen LogP) is 4.97. The first-order chi connectivity index (χ1) is 14.8. The standard InChI is InChI=1S/C24H26N2O4S/c1-4-23(26(31(3,28)29)20-14-10-18(2)11-15-20)24(27)25-19-12-16-22(17-13-19)30-21-8-6-5-7-9-21/h5-17,23H,4H2,1-3H3,(H,25,27)/t23-/m1/s1. The van der Waals surface area contributed by atoms with Crippen molar-refractivity contribution in [1.29, 1.82) is 0 Å². The molecule has 0 fully saturated rings. The molecule has 0 bridgehead atoms. The van der Waals surface area contributed by atoms with Crippen molar-refractivity contribution in [3.63, 3.8) is 0 Å². The van der Waals surface area contributed by atoms with E-state index in [1.807, 2.05) is 49.4 Å². The van der Waals surface area contributed by atoms with Crippen LogP contribution in [-0.2, 0) is 14.8 Å². The van der Waals surface area contributed by atoms with E-state index in [0.29, 0.717) is 29.3 Å². The fourth-order valence-electron chi connectivity index (χ4n) is 3.21. The third-order valence-corrected chi connectivity index (χ3v) is 5.90. The van der Waals surface area contributed by atoms with E-state index in [1.165, 1.54) is 4.31 Å². The molecule has 3 aromatic carbocycles. The minimum Gasteiger partial charge on any atom is -0.457 e. The van der Waals surface area contributed by atoms with Crippen LogP contribution in [0.3, 0.4) is 0 Å². The van der Waals surface area contributed by atoms with Crippen molar-refractivity contribution in [2.45, 2.75) is 26.3 Å². The summed E-state index contributed by atoms with van der Waals surface area (Å²) in [5.41, 5.74) is 2.02. The van der Waals surface area contributed by atoms with Gasteiger partial charge in [-0.2, -0.15) is 0 Å². The van der Waals surface area contributed by atoms with Crippen molar-refractivity contribution in [3.8, 4) is 11.5 Å². The number of carbonyl (C=O) groups excluding carboxylic acids is 1. The van der Waals surface area contributed by atoms with Gasteiger partial charge >= 0.3 is 0 Å². The maximum Gasteiger partial charge on any atom is 0.248 e. The summed E-state index contributed by atoms with van der Waals surface area (Å²) in [7, 11) is -3.67. The van der Waals surface area contributed by atoms with E-state index < -0.39 is 22.0 Å². The SMILES string of the molecule is CC[C@H](C(=O)Nc1ccc(Oc2ccccc2)cc1)N(c1ccc(C)cc1)S(C)(=O)=O. The van der Waals surface area contributed by atoms with Gasteiger partial charge in [-0.1, -0.05) is 42.8 Å². The van der Waals surface area contributed by atoms with Crippen LogP contribution in [0.5, 0.6) is 11.5 Å². The van der Waals surface area contributed by atoms with Crippen LogP contribution in [0.15, 0.2) is 78.9 Å². The number of sulfonamides is 1. The largest absolute Gasteiger partial charge is 0.457 e. The van der Waals surface area contributed by atoms with Gasteiger partial charge in [0.05, 0.1) is 11.9 Å². The summed E-state index contributed by atoms with van der Waals surface area (Å²) in [6.07, 6.45) is 1.43. The first kappa shape index (κ1) is 22.4. The Morgan fingerprint density at radius 2 is 1.52 bits per heavy atom. The lowest BCUT2D eigenvalue weighted by atomic mass is 10.1. The molecule has 0 aromatic heterocycles. The van der Waals surface area contributed by atoms with Gasteiger partial charge in [-0.15, -0.1) is 0 Å². The first-order valence-electron chi connectivity index (χ1n) is 9.98. The molecule has 0 aliphatic heterocycles. The van der Waals surface area contributed by atoms with Crippen LogP contribution in [0.2, 0.25) is 0 Å². The third-order valence-electron chi connectivity index (χ3n) is 4.72. The summed E-state index contributed by atoms with van der Waals surface area (Å²) in [4.78, 5) is 13.0. The Morgan fingerprint density at radius 1 is 0.935 bits per heavy atom. The molecule has 0 aliphatic rings. The molecule has 0 spiro atoms. The van der Waals surface area contributed by atoms with Crippen LogP contribution in [0.1, 0.15) is 18.9 Å². The van der Waals surface area contributed by atoms with Crippen LogP contribution >= 0.6 is 0 Å². The smallest absolute Gasteiger partial charge is 0.248 e. The van der Waals surface area contributed by atoms with Gasteiger partial charge in [-0.25, -0.2) is 8.42 Å². The van der Waals surface area contributed by atoms with Crippen molar-refractivity contribution >= 4 is 27.3 Å². The van der Waals surface area contributed by atoms with Crippen LogP contribution in [-0.4, -0.2) is 26.6 Å². The van der Waals surface area contributed by atoms with Gasteiger partial charge in [0.2, 0.25) is 15.9 Å². The fourth-order valence-corrected chi connectivity index (χ4v) is 4.42. The quantitative estimate of drug-likeness (QED) is 0.539. The number of rotatable bonds is 8. The van der Waals surface area contributed by atoms with Gasteiger partial charge in [0.15, 0.2) is 0 Å². The van der Waals surface area contributed by atoms with Crippen LogP contribution in [0.4, 0.5) is 11.4 Å². The van der Waals surface area contributed by atoms with E-state index in [2.05, 4.69) is 5.32 Å². The maximum absolute atomic E-state index is 13.0. The number of nitrogens with zero attached hydrogens (tertiary/aromatic N) is 1. The third kappa shape index (κ3) is 5.86. The summed E-state index contributed by atoms with van der Waals surface area (Å²) < 4.78 is 32.0. The minimum absolute atomic E-state index is 0.321. The highest BCUT2D eigenvalue weighted by atomic mass is 32.2. The molecule has 1 amide bonds. The number of anilines is 2. The number of carbonyl (C=O) groups is 1. The topological polar surface area (TPSA) is 75.7 Å². The fraction of sp³-hybridized carbons (Fsp3) is 0.208. The molecule has 0 saturated carbocycles. The summed E-state index contributed by atoms with van der Waals surface area (Å²) in [6, 6.07) is 22.5. The second-order valence-corrected chi connectivity index (χ2v) is 9.11. The molecule has 31 heavy (non-hydrogen) atoms. The monoisotopic (exact) mass is 438 g/mol. The van der Waals surface area contributed by atoms with Crippen molar-refractivity contribution < 1.29 is 17.9 Å². The highest BCUT2D eigenvalue weighted by Crippen LogP contribution is 2.25. The maximum atomic E-state index is 13.0. The summed E-state index contributed by atoms with van der Waals surface area (Å²) in [5, 5.41) is 2.82.